The van der Waals surface area contributed by atoms with Crippen molar-refractivity contribution in [2.75, 3.05) is 12.3 Å². The summed E-state index contributed by atoms with van der Waals surface area (Å²) in [5, 5.41) is 0. The molecule has 2 N–H and O–H groups in total. The molecule has 3 nitrogen and oxygen atoms in total. The third-order valence-electron chi connectivity index (χ3n) is 0.971. The summed E-state index contributed by atoms with van der Waals surface area (Å²) >= 11 is 1.73. The minimum absolute atomic E-state index is 0.714. The summed E-state index contributed by atoms with van der Waals surface area (Å²) in [5.74, 6) is 2.56. The quantitative estimate of drug-likeness (QED) is 0.660. The SMILES string of the molecule is NCCSCc1ncco1. The molecule has 0 aliphatic carbocycles. The highest BCUT2D eigenvalue weighted by Gasteiger charge is 1.94. The predicted molar refractivity (Wildman–Crippen MR) is 41.7 cm³/mol. The molecule has 1 aromatic heterocycles. The van der Waals surface area contributed by atoms with Crippen molar-refractivity contribution in [1.82, 2.24) is 4.98 Å². The van der Waals surface area contributed by atoms with Gasteiger partial charge in [0.1, 0.15) is 6.26 Å². The fourth-order valence-corrected chi connectivity index (χ4v) is 1.20. The van der Waals surface area contributed by atoms with Gasteiger partial charge in [0.2, 0.25) is 5.89 Å². The van der Waals surface area contributed by atoms with Crippen LogP contribution in [0.3, 0.4) is 0 Å². The lowest BCUT2D eigenvalue weighted by atomic mass is 10.8. The standard InChI is InChI=1S/C6H10N2OS/c7-1-4-10-5-6-8-2-3-9-6/h2-3H,1,4-5,7H2. The van der Waals surface area contributed by atoms with Crippen molar-refractivity contribution in [2.45, 2.75) is 5.75 Å². The van der Waals surface area contributed by atoms with Gasteiger partial charge in [-0.2, -0.15) is 11.8 Å². The number of oxazole rings is 1. The molecule has 0 amide bonds. The van der Waals surface area contributed by atoms with E-state index in [0.717, 1.165) is 17.4 Å². The largest absolute Gasteiger partial charge is 0.448 e. The first-order valence-corrected chi connectivity index (χ1v) is 4.25. The number of aromatic nitrogens is 1. The first-order valence-electron chi connectivity index (χ1n) is 3.09. The van der Waals surface area contributed by atoms with Crippen LogP contribution in [0.25, 0.3) is 0 Å². The Morgan fingerprint density at radius 2 is 2.60 bits per heavy atom. The Bertz CT molecular complexity index is 164. The second kappa shape index (κ2) is 4.35. The molecule has 56 valence electrons. The van der Waals surface area contributed by atoms with Crippen molar-refractivity contribution < 1.29 is 4.42 Å². The van der Waals surface area contributed by atoms with Crippen molar-refractivity contribution in [2.24, 2.45) is 5.73 Å². The van der Waals surface area contributed by atoms with Gasteiger partial charge in [-0.05, 0) is 0 Å². The molecule has 0 saturated carbocycles. The van der Waals surface area contributed by atoms with Gasteiger partial charge < -0.3 is 10.2 Å². The van der Waals surface area contributed by atoms with Gasteiger partial charge in [-0.15, -0.1) is 0 Å². The lowest BCUT2D eigenvalue weighted by molar-refractivity contribution is 0.517. The second-order valence-electron chi connectivity index (χ2n) is 1.77. The van der Waals surface area contributed by atoms with E-state index in [-0.39, 0.29) is 0 Å². The number of hydrogen-bond acceptors (Lipinski definition) is 4. The molecule has 0 aliphatic rings. The van der Waals surface area contributed by atoms with Crippen molar-refractivity contribution in [3.8, 4) is 0 Å². The molecule has 10 heavy (non-hydrogen) atoms. The Morgan fingerprint density at radius 1 is 1.70 bits per heavy atom. The third kappa shape index (κ3) is 2.41. The van der Waals surface area contributed by atoms with Crippen molar-refractivity contribution >= 4 is 11.8 Å². The van der Waals surface area contributed by atoms with E-state index in [1.807, 2.05) is 0 Å². The van der Waals surface area contributed by atoms with E-state index >= 15 is 0 Å². The maximum atomic E-state index is 5.30. The van der Waals surface area contributed by atoms with E-state index < -0.39 is 0 Å². The summed E-state index contributed by atoms with van der Waals surface area (Å²) in [4.78, 5) is 3.96. The monoisotopic (exact) mass is 158 g/mol. The number of nitrogens with zero attached hydrogens (tertiary/aromatic N) is 1. The Kier molecular flexibility index (Phi) is 3.32. The van der Waals surface area contributed by atoms with Crippen molar-refractivity contribution in [3.63, 3.8) is 0 Å². The molecule has 0 unspecified atom stereocenters. The minimum atomic E-state index is 0.714. The van der Waals surface area contributed by atoms with Gasteiger partial charge in [0, 0.05) is 12.3 Å². The molecule has 0 fully saturated rings. The van der Waals surface area contributed by atoms with E-state index in [1.165, 1.54) is 0 Å². The van der Waals surface area contributed by atoms with Crippen LogP contribution < -0.4 is 5.73 Å². The van der Waals surface area contributed by atoms with Gasteiger partial charge in [-0.25, -0.2) is 4.98 Å². The van der Waals surface area contributed by atoms with Crippen molar-refractivity contribution in [1.29, 1.82) is 0 Å². The molecular weight excluding hydrogens is 148 g/mol. The summed E-state index contributed by atoms with van der Waals surface area (Å²) in [6.45, 7) is 0.714. The second-order valence-corrected chi connectivity index (χ2v) is 2.87. The zero-order valence-electron chi connectivity index (χ0n) is 5.62. The van der Waals surface area contributed by atoms with E-state index in [0.29, 0.717) is 6.54 Å². The normalized spacial score (nSPS) is 10.1. The zero-order chi connectivity index (χ0) is 7.23. The van der Waals surface area contributed by atoms with Gasteiger partial charge in [0.25, 0.3) is 0 Å². The molecule has 0 radical (unpaired) electrons. The highest BCUT2D eigenvalue weighted by molar-refractivity contribution is 7.98. The van der Waals surface area contributed by atoms with Gasteiger partial charge >= 0.3 is 0 Å². The average molecular weight is 158 g/mol. The third-order valence-corrected chi connectivity index (χ3v) is 1.95. The van der Waals surface area contributed by atoms with E-state index in [1.54, 1.807) is 24.2 Å². The summed E-state index contributed by atoms with van der Waals surface area (Å²) in [5.41, 5.74) is 5.30. The van der Waals surface area contributed by atoms with Gasteiger partial charge in [0.05, 0.1) is 11.9 Å². The molecule has 1 aromatic rings. The number of nitrogens with two attached hydrogens (primary N) is 1. The average Bonchev–Trinajstić information content (AvgIpc) is 2.41. The van der Waals surface area contributed by atoms with Crippen LogP contribution in [0.4, 0.5) is 0 Å². The summed E-state index contributed by atoms with van der Waals surface area (Å²) in [6, 6.07) is 0. The molecule has 0 atom stereocenters. The summed E-state index contributed by atoms with van der Waals surface area (Å²) in [7, 11) is 0. The van der Waals surface area contributed by atoms with Gasteiger partial charge in [0.15, 0.2) is 0 Å². The van der Waals surface area contributed by atoms with E-state index in [9.17, 15) is 0 Å². The molecule has 0 spiro atoms. The summed E-state index contributed by atoms with van der Waals surface area (Å²) < 4.78 is 5.01. The first kappa shape index (κ1) is 7.63. The van der Waals surface area contributed by atoms with Crippen LogP contribution in [-0.2, 0) is 5.75 Å². The Labute approximate surface area is 64.0 Å². The zero-order valence-corrected chi connectivity index (χ0v) is 6.43. The Balaban J connectivity index is 2.15. The number of rotatable bonds is 4. The van der Waals surface area contributed by atoms with Crippen LogP contribution in [0.2, 0.25) is 0 Å². The molecule has 4 heteroatoms. The van der Waals surface area contributed by atoms with Gasteiger partial charge in [-0.3, -0.25) is 0 Å². The smallest absolute Gasteiger partial charge is 0.203 e. The minimum Gasteiger partial charge on any atom is -0.448 e. The van der Waals surface area contributed by atoms with E-state index in [2.05, 4.69) is 4.98 Å². The number of hydrogen-bond donors (Lipinski definition) is 1. The fraction of sp³-hybridized carbons (Fsp3) is 0.500. The lowest BCUT2D eigenvalue weighted by Gasteiger charge is -1.92. The van der Waals surface area contributed by atoms with Crippen LogP contribution in [0.15, 0.2) is 16.9 Å². The highest BCUT2D eigenvalue weighted by Crippen LogP contribution is 2.07. The Morgan fingerprint density at radius 3 is 3.20 bits per heavy atom. The first-order chi connectivity index (χ1) is 4.93. The van der Waals surface area contributed by atoms with Crippen LogP contribution in [-0.4, -0.2) is 17.3 Å². The molecule has 1 rings (SSSR count). The predicted octanol–water partition coefficient (Wildman–Crippen LogP) is 0.867. The molecule has 0 saturated heterocycles. The number of thioether (sulfide) groups is 1. The summed E-state index contributed by atoms with van der Waals surface area (Å²) in [6.07, 6.45) is 3.23. The van der Waals surface area contributed by atoms with Gasteiger partial charge in [-0.1, -0.05) is 0 Å². The Hall–Kier alpha value is -0.480. The van der Waals surface area contributed by atoms with Crippen LogP contribution >= 0.6 is 11.8 Å². The van der Waals surface area contributed by atoms with Crippen LogP contribution in [0.5, 0.6) is 0 Å². The molecule has 0 aliphatic heterocycles. The molecule has 0 bridgehead atoms. The molecule has 0 aromatic carbocycles. The molecule has 1 heterocycles. The maximum absolute atomic E-state index is 5.30. The van der Waals surface area contributed by atoms with E-state index in [4.69, 9.17) is 10.2 Å². The van der Waals surface area contributed by atoms with Crippen molar-refractivity contribution in [3.05, 3.63) is 18.4 Å². The molecular formula is C6H10N2OS. The lowest BCUT2D eigenvalue weighted by Crippen LogP contribution is -2.01. The maximum Gasteiger partial charge on any atom is 0.203 e. The topological polar surface area (TPSA) is 52.0 Å². The van der Waals surface area contributed by atoms with Crippen LogP contribution in [0, 0.1) is 0 Å². The van der Waals surface area contributed by atoms with Crippen LogP contribution in [0.1, 0.15) is 5.89 Å². The fourth-order valence-electron chi connectivity index (χ4n) is 0.567. The highest BCUT2D eigenvalue weighted by atomic mass is 32.2.